The Labute approximate surface area is 149 Å². The number of rotatable bonds is 3. The maximum absolute atomic E-state index is 12.7. The van der Waals surface area contributed by atoms with E-state index in [9.17, 15) is 14.7 Å². The number of amides is 1. The van der Waals surface area contributed by atoms with Crippen molar-refractivity contribution in [2.24, 2.45) is 11.3 Å². The van der Waals surface area contributed by atoms with Crippen LogP contribution in [0.2, 0.25) is 5.02 Å². The van der Waals surface area contributed by atoms with Gasteiger partial charge in [0.1, 0.15) is 0 Å². The Hall–Kier alpha value is -2.41. The molecule has 2 aromatic rings. The minimum Gasteiger partial charge on any atom is -0.481 e. The van der Waals surface area contributed by atoms with Crippen molar-refractivity contribution in [1.82, 2.24) is 19.9 Å². The Morgan fingerprint density at radius 1 is 1.36 bits per heavy atom. The van der Waals surface area contributed by atoms with E-state index in [4.69, 9.17) is 11.6 Å². The molecule has 7 nitrogen and oxygen atoms in total. The second-order valence-electron chi connectivity index (χ2n) is 6.76. The number of carboxylic acid groups (broad SMARTS) is 1. The number of likely N-dealkylation sites (tertiary alicyclic amines) is 1. The lowest BCUT2D eigenvalue weighted by molar-refractivity contribution is -0.149. The third-order valence-electron chi connectivity index (χ3n) is 5.37. The first-order valence-electron chi connectivity index (χ1n) is 8.20. The first kappa shape index (κ1) is 16.1. The zero-order chi connectivity index (χ0) is 17.6. The van der Waals surface area contributed by atoms with Crippen LogP contribution < -0.4 is 0 Å². The average molecular weight is 361 g/mol. The van der Waals surface area contributed by atoms with Crippen LogP contribution in [0.1, 0.15) is 29.8 Å². The third-order valence-corrected chi connectivity index (χ3v) is 5.60. The number of hydrogen-bond acceptors (Lipinski definition) is 4. The predicted molar refractivity (Wildman–Crippen MR) is 89.7 cm³/mol. The molecule has 25 heavy (non-hydrogen) atoms. The summed E-state index contributed by atoms with van der Waals surface area (Å²) >= 11 is 5.97. The van der Waals surface area contributed by atoms with E-state index >= 15 is 0 Å². The van der Waals surface area contributed by atoms with Gasteiger partial charge in [-0.1, -0.05) is 29.3 Å². The van der Waals surface area contributed by atoms with Crippen LogP contribution in [0.4, 0.5) is 0 Å². The average Bonchev–Trinajstić information content (AvgIpc) is 3.28. The quantitative estimate of drug-likeness (QED) is 0.906. The molecule has 1 saturated heterocycles. The highest BCUT2D eigenvalue weighted by Gasteiger charge is 2.56. The Morgan fingerprint density at radius 3 is 2.92 bits per heavy atom. The summed E-state index contributed by atoms with van der Waals surface area (Å²) in [4.78, 5) is 26.1. The zero-order valence-electron chi connectivity index (χ0n) is 13.4. The Balaban J connectivity index is 1.56. The van der Waals surface area contributed by atoms with Crippen molar-refractivity contribution in [2.45, 2.75) is 19.3 Å². The van der Waals surface area contributed by atoms with Crippen molar-refractivity contribution in [2.75, 3.05) is 13.1 Å². The molecule has 0 unspecified atom stereocenters. The molecule has 0 bridgehead atoms. The lowest BCUT2D eigenvalue weighted by Gasteiger charge is -2.22. The summed E-state index contributed by atoms with van der Waals surface area (Å²) in [5.41, 5.74) is 0.123. The highest BCUT2D eigenvalue weighted by Crippen LogP contribution is 2.49. The number of aromatic nitrogens is 3. The lowest BCUT2D eigenvalue weighted by atomic mass is 9.81. The molecule has 1 aromatic heterocycles. The molecule has 2 aliphatic rings. The molecule has 0 spiro atoms. The molecule has 130 valence electrons. The van der Waals surface area contributed by atoms with Gasteiger partial charge in [0.05, 0.1) is 17.3 Å². The number of carbonyl (C=O) groups is 2. The number of fused-ring (bicyclic) bond motifs is 1. The van der Waals surface area contributed by atoms with E-state index < -0.39 is 11.4 Å². The van der Waals surface area contributed by atoms with Gasteiger partial charge in [-0.05, 0) is 37.0 Å². The fourth-order valence-corrected chi connectivity index (χ4v) is 4.25. The van der Waals surface area contributed by atoms with Gasteiger partial charge < -0.3 is 10.0 Å². The Kier molecular flexibility index (Phi) is 3.76. The van der Waals surface area contributed by atoms with Crippen molar-refractivity contribution in [1.29, 1.82) is 0 Å². The van der Waals surface area contributed by atoms with E-state index in [0.717, 1.165) is 12.8 Å². The van der Waals surface area contributed by atoms with Crippen molar-refractivity contribution in [3.8, 4) is 5.69 Å². The fourth-order valence-electron chi connectivity index (χ4n) is 4.06. The summed E-state index contributed by atoms with van der Waals surface area (Å²) in [6.45, 7) is 0.713. The van der Waals surface area contributed by atoms with E-state index in [2.05, 4.69) is 10.3 Å². The molecule has 4 rings (SSSR count). The first-order chi connectivity index (χ1) is 12.0. The smallest absolute Gasteiger partial charge is 0.311 e. The van der Waals surface area contributed by atoms with Gasteiger partial charge >= 0.3 is 5.97 Å². The van der Waals surface area contributed by atoms with Crippen LogP contribution >= 0.6 is 11.6 Å². The Bertz CT molecular complexity index is 852. The Morgan fingerprint density at radius 2 is 2.20 bits per heavy atom. The van der Waals surface area contributed by atoms with Gasteiger partial charge in [-0.3, -0.25) is 9.59 Å². The molecule has 1 aromatic carbocycles. The number of hydrogen-bond donors (Lipinski definition) is 1. The van der Waals surface area contributed by atoms with Crippen molar-refractivity contribution >= 4 is 23.5 Å². The molecule has 2 heterocycles. The van der Waals surface area contributed by atoms with E-state index in [1.807, 2.05) is 6.07 Å². The topological polar surface area (TPSA) is 88.3 Å². The van der Waals surface area contributed by atoms with Crippen LogP contribution in [-0.2, 0) is 4.79 Å². The van der Waals surface area contributed by atoms with Crippen molar-refractivity contribution in [3.63, 3.8) is 0 Å². The van der Waals surface area contributed by atoms with Crippen molar-refractivity contribution in [3.05, 3.63) is 41.2 Å². The second kappa shape index (κ2) is 5.84. The minimum absolute atomic E-state index is 0.0249. The van der Waals surface area contributed by atoms with E-state index in [1.165, 1.54) is 4.68 Å². The second-order valence-corrected chi connectivity index (χ2v) is 7.20. The summed E-state index contributed by atoms with van der Waals surface area (Å²) in [6, 6.07) is 7.08. The van der Waals surface area contributed by atoms with Gasteiger partial charge in [0.15, 0.2) is 5.69 Å². The first-order valence-corrected chi connectivity index (χ1v) is 8.58. The highest BCUT2D eigenvalue weighted by atomic mass is 35.5. The maximum Gasteiger partial charge on any atom is 0.311 e. The number of benzene rings is 1. The highest BCUT2D eigenvalue weighted by molar-refractivity contribution is 6.30. The predicted octanol–water partition coefficient (Wildman–Crippen LogP) is 2.25. The number of carboxylic acids is 1. The summed E-state index contributed by atoms with van der Waals surface area (Å²) in [5.74, 6) is -1.05. The van der Waals surface area contributed by atoms with E-state index in [-0.39, 0.29) is 24.1 Å². The molecule has 2 atom stereocenters. The summed E-state index contributed by atoms with van der Waals surface area (Å²) < 4.78 is 1.49. The minimum atomic E-state index is -0.798. The summed E-state index contributed by atoms with van der Waals surface area (Å²) in [5, 5.41) is 18.2. The molecule has 1 aliphatic carbocycles. The number of halogens is 1. The largest absolute Gasteiger partial charge is 0.481 e. The van der Waals surface area contributed by atoms with Crippen LogP contribution in [0.3, 0.4) is 0 Å². The standard InChI is InChI=1S/C17H17ClN4O3/c18-12-4-1-5-13(7-12)22-9-14(19-20-22)15(23)21-8-11-3-2-6-17(11,10-21)16(24)25/h1,4-5,7,9,11H,2-3,6,8,10H2,(H,24,25)/t11-,17+/m0/s1. The molecule has 1 aliphatic heterocycles. The molecule has 1 N–H and O–H groups in total. The van der Waals surface area contributed by atoms with Crippen LogP contribution in [0.15, 0.2) is 30.5 Å². The van der Waals surface area contributed by atoms with Crippen LogP contribution in [0.25, 0.3) is 5.69 Å². The van der Waals surface area contributed by atoms with Gasteiger partial charge in [-0.25, -0.2) is 4.68 Å². The lowest BCUT2D eigenvalue weighted by Crippen LogP contribution is -2.37. The molecule has 0 radical (unpaired) electrons. The third kappa shape index (κ3) is 2.59. The molecular weight excluding hydrogens is 344 g/mol. The van der Waals surface area contributed by atoms with Crippen LogP contribution in [0, 0.1) is 11.3 Å². The van der Waals surface area contributed by atoms with Gasteiger partial charge in [-0.15, -0.1) is 5.10 Å². The van der Waals surface area contributed by atoms with Gasteiger partial charge in [0.25, 0.3) is 5.91 Å². The van der Waals surface area contributed by atoms with Crippen LogP contribution in [-0.4, -0.2) is 50.0 Å². The SMILES string of the molecule is O=C(c1cn(-c2cccc(Cl)c2)nn1)N1C[C@@H]2CCC[C@@]2(C(=O)O)C1. The fraction of sp³-hybridized carbons (Fsp3) is 0.412. The number of aliphatic carboxylic acids is 1. The molecule has 1 amide bonds. The molecular formula is C17H17ClN4O3. The molecule has 1 saturated carbocycles. The maximum atomic E-state index is 12.7. The molecule has 2 fully saturated rings. The van der Waals surface area contributed by atoms with Crippen molar-refractivity contribution < 1.29 is 14.7 Å². The monoisotopic (exact) mass is 360 g/mol. The molecule has 8 heteroatoms. The van der Waals surface area contributed by atoms with Crippen LogP contribution in [0.5, 0.6) is 0 Å². The normalized spacial score (nSPS) is 25.2. The summed E-state index contributed by atoms with van der Waals surface area (Å²) in [7, 11) is 0. The van der Waals surface area contributed by atoms with Gasteiger partial charge in [0.2, 0.25) is 0 Å². The summed E-state index contributed by atoms with van der Waals surface area (Å²) in [6.07, 6.45) is 3.94. The zero-order valence-corrected chi connectivity index (χ0v) is 14.2. The van der Waals surface area contributed by atoms with E-state index in [1.54, 1.807) is 29.3 Å². The number of nitrogens with zero attached hydrogens (tertiary/aromatic N) is 4. The van der Waals surface area contributed by atoms with E-state index in [0.29, 0.717) is 23.7 Å². The number of carbonyl (C=O) groups excluding carboxylic acids is 1. The van der Waals surface area contributed by atoms with Gasteiger partial charge in [-0.2, -0.15) is 0 Å². The van der Waals surface area contributed by atoms with Gasteiger partial charge in [0, 0.05) is 18.1 Å².